The number of ketones is 2. The van der Waals surface area contributed by atoms with Crippen LogP contribution in [-0.2, 0) is 95.2 Å². The molecule has 332 valence electrons. The van der Waals surface area contributed by atoms with Crippen LogP contribution in [0.2, 0.25) is 0 Å². The van der Waals surface area contributed by atoms with Crippen LogP contribution in [0.25, 0.3) is 0 Å². The summed E-state index contributed by atoms with van der Waals surface area (Å²) in [6.45, 7) is 6.36. The third kappa shape index (κ3) is 11.8. The lowest BCUT2D eigenvalue weighted by Crippen LogP contribution is -2.63. The van der Waals surface area contributed by atoms with Crippen LogP contribution in [-0.4, -0.2) is 139 Å². The zero-order valence-corrected chi connectivity index (χ0v) is 33.8. The molecule has 0 spiro atoms. The minimum atomic E-state index is -2.14. The van der Waals surface area contributed by atoms with Gasteiger partial charge < -0.3 is 61.9 Å². The molecule has 2 aliphatic heterocycles. The van der Waals surface area contributed by atoms with E-state index < -0.39 is 162 Å². The molecular weight excluding hydrogens is 824 g/mol. The number of hydrogen-bond acceptors (Lipinski definition) is 23. The molecule has 0 bridgehead atoms. The molecule has 23 heteroatoms. The SMILES string of the molecule is CC(=O)OCC1OC(OC2=C(OC3OC(COC(C)=O)C(OC(C)=O)C(OC(C)=O)C3OC(C)=O)C(=O)c3c(O)cccc3C2=O)C(OC(C)=O)C(OC(C)=O)C1OC(C)=O. The molecule has 1 N–H and O–H groups in total. The summed E-state index contributed by atoms with van der Waals surface area (Å²) in [5.74, 6) is -13.2. The second-order valence-electron chi connectivity index (χ2n) is 13.4. The van der Waals surface area contributed by atoms with Crippen LogP contribution in [0.1, 0.15) is 76.1 Å². The van der Waals surface area contributed by atoms with Gasteiger partial charge in [0.25, 0.3) is 0 Å². The lowest BCUT2D eigenvalue weighted by atomic mass is 9.91. The van der Waals surface area contributed by atoms with Gasteiger partial charge in [-0.25, -0.2) is 0 Å². The molecule has 3 aliphatic rings. The first-order valence-electron chi connectivity index (χ1n) is 18.2. The van der Waals surface area contributed by atoms with Gasteiger partial charge in [0.15, 0.2) is 24.4 Å². The van der Waals surface area contributed by atoms with Crippen LogP contribution in [0, 0.1) is 0 Å². The number of allylic oxidation sites excluding steroid dienone is 2. The van der Waals surface area contributed by atoms with Gasteiger partial charge in [0.1, 0.15) is 31.2 Å². The van der Waals surface area contributed by atoms with Gasteiger partial charge in [-0.2, -0.15) is 0 Å². The number of hydrogen-bond donors (Lipinski definition) is 1. The molecule has 0 aromatic heterocycles. The van der Waals surface area contributed by atoms with Crippen molar-refractivity contribution < 1.29 is 110 Å². The molecular formula is C38H42O23. The monoisotopic (exact) mass is 866 g/mol. The van der Waals surface area contributed by atoms with Crippen molar-refractivity contribution in [2.24, 2.45) is 0 Å². The Morgan fingerprint density at radius 2 is 0.836 bits per heavy atom. The van der Waals surface area contributed by atoms with E-state index >= 15 is 0 Å². The summed E-state index contributed by atoms with van der Waals surface area (Å²) in [6, 6.07) is 3.38. The van der Waals surface area contributed by atoms with Crippen LogP contribution in [0.3, 0.4) is 0 Å². The number of rotatable bonds is 14. The van der Waals surface area contributed by atoms with E-state index in [1.54, 1.807) is 0 Å². The molecule has 1 aromatic rings. The zero-order chi connectivity index (χ0) is 45.5. The van der Waals surface area contributed by atoms with Gasteiger partial charge in [-0.05, 0) is 12.1 Å². The molecule has 61 heavy (non-hydrogen) atoms. The highest BCUT2D eigenvalue weighted by Gasteiger charge is 2.57. The molecule has 4 rings (SSSR count). The maximum atomic E-state index is 14.4. The Kier molecular flexibility index (Phi) is 15.5. The third-order valence-corrected chi connectivity index (χ3v) is 8.50. The van der Waals surface area contributed by atoms with Crippen LogP contribution in [0.15, 0.2) is 29.7 Å². The van der Waals surface area contributed by atoms with E-state index in [2.05, 4.69) is 0 Å². The van der Waals surface area contributed by atoms with Gasteiger partial charge >= 0.3 is 47.8 Å². The standard InChI is InChI=1S/C38H42O23/c1-14(39)50-12-24-29(52-16(3)41)33(54-18(5)43)35(56-20(7)45)37(58-24)60-31-27(48)22-10-9-11-23(47)26(22)28(49)32(31)61-38-36(57-21(8)46)34(55-19(6)44)30(53-17(4)42)25(59-38)13-51-15(2)40/h9-11,24-25,29-30,33-38,47H,12-13H2,1-8H3. The van der Waals surface area contributed by atoms with Gasteiger partial charge in [0, 0.05) is 61.0 Å². The highest BCUT2D eigenvalue weighted by Crippen LogP contribution is 2.39. The fourth-order valence-electron chi connectivity index (χ4n) is 6.42. The van der Waals surface area contributed by atoms with Crippen molar-refractivity contribution in [3.8, 4) is 5.75 Å². The molecule has 0 amide bonds. The highest BCUT2D eigenvalue weighted by atomic mass is 16.8. The average Bonchev–Trinajstić information content (AvgIpc) is 3.13. The van der Waals surface area contributed by atoms with E-state index in [9.17, 15) is 53.1 Å². The van der Waals surface area contributed by atoms with Gasteiger partial charge in [-0.15, -0.1) is 0 Å². The number of esters is 8. The molecule has 10 atom stereocenters. The van der Waals surface area contributed by atoms with Gasteiger partial charge in [-0.3, -0.25) is 47.9 Å². The van der Waals surface area contributed by atoms with Crippen molar-refractivity contribution in [1.29, 1.82) is 0 Å². The minimum Gasteiger partial charge on any atom is -0.507 e. The van der Waals surface area contributed by atoms with Crippen molar-refractivity contribution >= 4 is 59.3 Å². The van der Waals surface area contributed by atoms with E-state index in [0.29, 0.717) is 0 Å². The molecule has 0 radical (unpaired) electrons. The van der Waals surface area contributed by atoms with Gasteiger partial charge in [-0.1, -0.05) is 6.07 Å². The molecule has 0 saturated carbocycles. The second kappa shape index (κ2) is 20.1. The Labute approximate surface area is 345 Å². The zero-order valence-electron chi connectivity index (χ0n) is 33.8. The van der Waals surface area contributed by atoms with E-state index in [4.69, 9.17) is 56.8 Å². The quantitative estimate of drug-likeness (QED) is 0.193. The Morgan fingerprint density at radius 1 is 0.492 bits per heavy atom. The van der Waals surface area contributed by atoms with E-state index in [-0.39, 0.29) is 0 Å². The molecule has 2 fully saturated rings. The van der Waals surface area contributed by atoms with E-state index in [0.717, 1.165) is 67.5 Å². The minimum absolute atomic E-state index is 0.473. The number of ether oxygens (including phenoxy) is 12. The van der Waals surface area contributed by atoms with Crippen LogP contribution >= 0.6 is 0 Å². The van der Waals surface area contributed by atoms with Gasteiger partial charge in [0.05, 0.1) is 5.56 Å². The molecule has 2 heterocycles. The Bertz CT molecular complexity index is 1980. The van der Waals surface area contributed by atoms with Crippen molar-refractivity contribution in [3.05, 3.63) is 40.8 Å². The summed E-state index contributed by atoms with van der Waals surface area (Å²) in [4.78, 5) is 127. The Balaban J connectivity index is 1.96. The van der Waals surface area contributed by atoms with Crippen molar-refractivity contribution in [1.82, 2.24) is 0 Å². The van der Waals surface area contributed by atoms with Crippen LogP contribution < -0.4 is 0 Å². The summed E-state index contributed by atoms with van der Waals surface area (Å²) in [6.07, 6.45) is -18.3. The number of carbonyl (C=O) groups excluding carboxylic acids is 10. The fourth-order valence-corrected chi connectivity index (χ4v) is 6.42. The molecule has 10 unspecified atom stereocenters. The predicted molar refractivity (Wildman–Crippen MR) is 190 cm³/mol. The van der Waals surface area contributed by atoms with Crippen molar-refractivity contribution in [3.63, 3.8) is 0 Å². The number of benzene rings is 1. The first-order valence-corrected chi connectivity index (χ1v) is 18.2. The molecule has 2 saturated heterocycles. The average molecular weight is 867 g/mol. The second-order valence-corrected chi connectivity index (χ2v) is 13.4. The number of aromatic hydroxyl groups is 1. The molecule has 1 aliphatic carbocycles. The highest BCUT2D eigenvalue weighted by molar-refractivity contribution is 6.26. The smallest absolute Gasteiger partial charge is 0.303 e. The van der Waals surface area contributed by atoms with Crippen molar-refractivity contribution in [2.75, 3.05) is 13.2 Å². The Hall–Kier alpha value is -6.62. The number of Topliss-reactive ketones (excluding diaryl/α,β-unsaturated/α-hetero) is 2. The number of phenols is 1. The third-order valence-electron chi connectivity index (χ3n) is 8.50. The summed E-state index contributed by atoms with van der Waals surface area (Å²) >= 11 is 0. The summed E-state index contributed by atoms with van der Waals surface area (Å²) < 4.78 is 66.5. The van der Waals surface area contributed by atoms with Crippen LogP contribution in [0.4, 0.5) is 0 Å². The van der Waals surface area contributed by atoms with Crippen molar-refractivity contribution in [2.45, 2.75) is 117 Å². The fraction of sp³-hybridized carbons (Fsp3) is 0.526. The predicted octanol–water partition coefficient (Wildman–Crippen LogP) is 0.182. The Morgan fingerprint density at radius 3 is 1.20 bits per heavy atom. The maximum Gasteiger partial charge on any atom is 0.303 e. The number of fused-ring (bicyclic) bond motifs is 1. The van der Waals surface area contributed by atoms with Gasteiger partial charge in [0.2, 0.25) is 47.9 Å². The summed E-state index contributed by atoms with van der Waals surface area (Å²) in [5, 5.41) is 10.8. The molecule has 1 aromatic carbocycles. The maximum absolute atomic E-state index is 14.4. The summed E-state index contributed by atoms with van der Waals surface area (Å²) in [7, 11) is 0. The van der Waals surface area contributed by atoms with E-state index in [1.807, 2.05) is 0 Å². The number of carbonyl (C=O) groups is 10. The topological polar surface area (TPSA) is 302 Å². The molecule has 23 nitrogen and oxygen atoms in total. The lowest BCUT2D eigenvalue weighted by Gasteiger charge is -2.45. The number of phenolic OH excluding ortho intramolecular Hbond substituents is 1. The van der Waals surface area contributed by atoms with E-state index in [1.165, 1.54) is 6.07 Å². The largest absolute Gasteiger partial charge is 0.507 e. The van der Waals surface area contributed by atoms with Crippen LogP contribution in [0.5, 0.6) is 5.75 Å². The first-order chi connectivity index (χ1) is 28.6. The normalized spacial score (nSPS) is 27.0. The first kappa shape index (κ1) is 47.1. The lowest BCUT2D eigenvalue weighted by molar-refractivity contribution is -0.304. The summed E-state index contributed by atoms with van der Waals surface area (Å²) in [5.41, 5.74) is -1.11.